The summed E-state index contributed by atoms with van der Waals surface area (Å²) >= 11 is 0. The van der Waals surface area contributed by atoms with Crippen molar-refractivity contribution in [2.45, 2.75) is 51.6 Å². The van der Waals surface area contributed by atoms with Gasteiger partial charge in [-0.2, -0.15) is 0 Å². The number of nitrogens with one attached hydrogen (secondary N) is 1. The summed E-state index contributed by atoms with van der Waals surface area (Å²) in [6.07, 6.45) is 2.57. The van der Waals surface area contributed by atoms with Gasteiger partial charge >= 0.3 is 0 Å². The number of amides is 3. The van der Waals surface area contributed by atoms with Crippen molar-refractivity contribution in [2.24, 2.45) is 0 Å². The molecule has 0 aliphatic carbocycles. The number of rotatable bonds is 13. The van der Waals surface area contributed by atoms with Crippen LogP contribution in [-0.4, -0.2) is 41.8 Å². The number of benzene rings is 4. The third-order valence-electron chi connectivity index (χ3n) is 7.82. The Morgan fingerprint density at radius 1 is 0.905 bits per heavy atom. The lowest BCUT2D eigenvalue weighted by Gasteiger charge is -2.32. The number of unbranched alkanes of at least 4 members (excludes halogenated alkanes) is 1. The van der Waals surface area contributed by atoms with Crippen LogP contribution in [0.15, 0.2) is 91.0 Å². The van der Waals surface area contributed by atoms with Gasteiger partial charge in [-0.1, -0.05) is 86.1 Å². The van der Waals surface area contributed by atoms with E-state index >= 15 is 0 Å². The first-order chi connectivity index (χ1) is 20.5. The average molecular weight is 566 g/mol. The molecule has 0 saturated carbocycles. The maximum Gasteiger partial charge on any atom is 0.258 e. The molecule has 216 valence electrons. The van der Waals surface area contributed by atoms with Gasteiger partial charge in [-0.05, 0) is 42.0 Å². The molecule has 0 radical (unpaired) electrons. The molecule has 0 aromatic heterocycles. The van der Waals surface area contributed by atoms with Crippen molar-refractivity contribution in [1.82, 2.24) is 10.2 Å². The van der Waals surface area contributed by atoms with Gasteiger partial charge in [0.2, 0.25) is 11.8 Å². The summed E-state index contributed by atoms with van der Waals surface area (Å²) < 4.78 is 14.8. The summed E-state index contributed by atoms with van der Waals surface area (Å²) in [5.74, 6) is -1.01. The molecule has 0 spiro atoms. The third-order valence-corrected chi connectivity index (χ3v) is 7.82. The third kappa shape index (κ3) is 6.35. The maximum atomic E-state index is 14.8. The lowest BCUT2D eigenvalue weighted by molar-refractivity contribution is -0.141. The first-order valence-electron chi connectivity index (χ1n) is 14.7. The molecule has 1 N–H and O–H groups in total. The predicted octanol–water partition coefficient (Wildman–Crippen LogP) is 6.28. The van der Waals surface area contributed by atoms with Crippen LogP contribution in [0.5, 0.6) is 0 Å². The van der Waals surface area contributed by atoms with Crippen LogP contribution in [0.2, 0.25) is 0 Å². The molecule has 1 unspecified atom stereocenters. The minimum Gasteiger partial charge on any atom is -0.354 e. The Kier molecular flexibility index (Phi) is 9.27. The Labute approximate surface area is 246 Å². The van der Waals surface area contributed by atoms with Crippen LogP contribution in [0.1, 0.15) is 54.1 Å². The molecule has 0 bridgehead atoms. The Bertz CT molecular complexity index is 1570. The molecule has 0 fully saturated rings. The van der Waals surface area contributed by atoms with Gasteiger partial charge in [0.15, 0.2) is 0 Å². The number of hydrogen-bond acceptors (Lipinski definition) is 3. The van der Waals surface area contributed by atoms with Crippen molar-refractivity contribution in [2.75, 3.05) is 18.0 Å². The quantitative estimate of drug-likeness (QED) is 0.194. The Morgan fingerprint density at radius 3 is 2.40 bits per heavy atom. The van der Waals surface area contributed by atoms with E-state index in [1.165, 1.54) is 11.0 Å². The Hall–Kier alpha value is -4.52. The molecule has 1 atom stereocenters. The molecular weight excluding hydrogens is 529 g/mol. The van der Waals surface area contributed by atoms with Crippen LogP contribution >= 0.6 is 0 Å². The lowest BCUT2D eigenvalue weighted by Crippen LogP contribution is -2.50. The van der Waals surface area contributed by atoms with Crippen molar-refractivity contribution in [3.05, 3.63) is 114 Å². The van der Waals surface area contributed by atoms with E-state index in [2.05, 4.69) is 5.32 Å². The summed E-state index contributed by atoms with van der Waals surface area (Å²) in [6, 6.07) is 26.6. The first kappa shape index (κ1) is 29.0. The van der Waals surface area contributed by atoms with E-state index in [0.29, 0.717) is 37.1 Å². The summed E-state index contributed by atoms with van der Waals surface area (Å²) in [6.45, 7) is 2.88. The van der Waals surface area contributed by atoms with E-state index in [1.807, 2.05) is 73.7 Å². The maximum absolute atomic E-state index is 14.8. The molecular formula is C35H36FN3O3. The average Bonchev–Trinajstić information content (AvgIpc) is 3.28. The fourth-order valence-corrected chi connectivity index (χ4v) is 5.60. The second kappa shape index (κ2) is 13.4. The monoisotopic (exact) mass is 565 g/mol. The van der Waals surface area contributed by atoms with Crippen molar-refractivity contribution in [3.8, 4) is 0 Å². The highest BCUT2D eigenvalue weighted by molar-refractivity contribution is 6.25. The van der Waals surface area contributed by atoms with E-state index in [-0.39, 0.29) is 30.7 Å². The van der Waals surface area contributed by atoms with Gasteiger partial charge < -0.3 is 15.1 Å². The fraction of sp³-hybridized carbons (Fsp3) is 0.286. The van der Waals surface area contributed by atoms with Crippen molar-refractivity contribution in [3.63, 3.8) is 0 Å². The van der Waals surface area contributed by atoms with Gasteiger partial charge in [-0.3, -0.25) is 14.4 Å². The number of nitrogens with zero attached hydrogens (tertiary/aromatic N) is 2. The predicted molar refractivity (Wildman–Crippen MR) is 164 cm³/mol. The molecule has 1 aliphatic heterocycles. The second-order valence-corrected chi connectivity index (χ2v) is 10.7. The highest BCUT2D eigenvalue weighted by Crippen LogP contribution is 2.37. The van der Waals surface area contributed by atoms with Crippen molar-refractivity contribution >= 4 is 34.2 Å². The van der Waals surface area contributed by atoms with E-state index in [4.69, 9.17) is 0 Å². The molecule has 1 aliphatic rings. The smallest absolute Gasteiger partial charge is 0.258 e. The SMILES string of the molecule is CCCCNC(=O)C(Cc1ccccc1)N(Cc1ccccc1F)C(=O)CCCN1C(=O)c2cccc3cccc1c23. The Balaban J connectivity index is 1.37. The first-order valence-corrected chi connectivity index (χ1v) is 14.7. The highest BCUT2D eigenvalue weighted by atomic mass is 19.1. The van der Waals surface area contributed by atoms with Crippen LogP contribution in [0.4, 0.5) is 10.1 Å². The molecule has 3 amide bonds. The normalized spacial score (nSPS) is 12.9. The zero-order valence-corrected chi connectivity index (χ0v) is 23.9. The van der Waals surface area contributed by atoms with Crippen LogP contribution in [0.25, 0.3) is 10.8 Å². The van der Waals surface area contributed by atoms with Gasteiger partial charge in [0, 0.05) is 49.0 Å². The molecule has 5 rings (SSSR count). The summed E-state index contributed by atoms with van der Waals surface area (Å²) in [7, 11) is 0. The molecule has 6 nitrogen and oxygen atoms in total. The standard InChI is InChI=1S/C35H36FN3O3/c1-2-3-21-37-34(41)31(23-25-12-5-4-6-13-25)39(24-27-14-7-8-18-29(27)36)32(40)20-11-22-38-30-19-10-16-26-15-9-17-28(33(26)30)35(38)42/h4-10,12-19,31H,2-3,11,20-24H2,1H3,(H,37,41). The number of anilines is 1. The van der Waals surface area contributed by atoms with Gasteiger partial charge in [-0.25, -0.2) is 4.39 Å². The van der Waals surface area contributed by atoms with Gasteiger partial charge in [-0.15, -0.1) is 0 Å². The van der Waals surface area contributed by atoms with E-state index < -0.39 is 11.9 Å². The highest BCUT2D eigenvalue weighted by Gasteiger charge is 2.32. The molecule has 4 aromatic rings. The van der Waals surface area contributed by atoms with E-state index in [9.17, 15) is 18.8 Å². The largest absolute Gasteiger partial charge is 0.354 e. The van der Waals surface area contributed by atoms with Gasteiger partial charge in [0.25, 0.3) is 5.91 Å². The van der Waals surface area contributed by atoms with Crippen LogP contribution < -0.4 is 10.2 Å². The van der Waals surface area contributed by atoms with Crippen LogP contribution in [-0.2, 0) is 22.6 Å². The summed E-state index contributed by atoms with van der Waals surface area (Å²) in [5, 5.41) is 4.93. The van der Waals surface area contributed by atoms with Crippen molar-refractivity contribution < 1.29 is 18.8 Å². The summed E-state index contributed by atoms with van der Waals surface area (Å²) in [5.41, 5.74) is 2.78. The number of carbonyl (C=O) groups excluding carboxylic acids is 3. The van der Waals surface area contributed by atoms with Gasteiger partial charge in [0.05, 0.1) is 5.69 Å². The summed E-state index contributed by atoms with van der Waals surface area (Å²) in [4.78, 5) is 43.9. The van der Waals surface area contributed by atoms with E-state index in [0.717, 1.165) is 34.9 Å². The number of carbonyl (C=O) groups is 3. The minimum absolute atomic E-state index is 0.0302. The molecule has 1 heterocycles. The zero-order chi connectivity index (χ0) is 29.5. The second-order valence-electron chi connectivity index (χ2n) is 10.7. The van der Waals surface area contributed by atoms with Crippen molar-refractivity contribution in [1.29, 1.82) is 0 Å². The van der Waals surface area contributed by atoms with Crippen LogP contribution in [0.3, 0.4) is 0 Å². The number of hydrogen-bond donors (Lipinski definition) is 1. The Morgan fingerprint density at radius 2 is 1.64 bits per heavy atom. The molecule has 7 heteroatoms. The molecule has 42 heavy (non-hydrogen) atoms. The molecule has 0 saturated heterocycles. The lowest BCUT2D eigenvalue weighted by atomic mass is 10.0. The van der Waals surface area contributed by atoms with E-state index in [1.54, 1.807) is 23.1 Å². The van der Waals surface area contributed by atoms with Gasteiger partial charge in [0.1, 0.15) is 11.9 Å². The fourth-order valence-electron chi connectivity index (χ4n) is 5.60. The topological polar surface area (TPSA) is 69.7 Å². The zero-order valence-electron chi connectivity index (χ0n) is 23.9. The number of halogens is 1. The van der Waals surface area contributed by atoms with Crippen LogP contribution in [0, 0.1) is 5.82 Å². The molecule has 4 aromatic carbocycles. The minimum atomic E-state index is -0.817.